The van der Waals surface area contributed by atoms with Crippen LogP contribution in [0.4, 0.5) is 10.1 Å². The number of thiazole rings is 1. The topological polar surface area (TPSA) is 72.0 Å². The van der Waals surface area contributed by atoms with E-state index in [4.69, 9.17) is 11.6 Å². The Labute approximate surface area is 112 Å². The summed E-state index contributed by atoms with van der Waals surface area (Å²) in [6, 6.07) is 2.34. The molecule has 0 radical (unpaired) electrons. The SMILES string of the molecule is Cc1nc(Cl)sc1S(=O)(=O)Nc1ccc(F)nc1. The van der Waals surface area contributed by atoms with Crippen molar-refractivity contribution in [3.05, 3.63) is 34.4 Å². The molecule has 0 atom stereocenters. The molecule has 96 valence electrons. The highest BCUT2D eigenvalue weighted by Gasteiger charge is 2.21. The Kier molecular flexibility index (Phi) is 3.51. The monoisotopic (exact) mass is 307 g/mol. The van der Waals surface area contributed by atoms with Crippen LogP contribution in [0.3, 0.4) is 0 Å². The minimum absolute atomic E-state index is 0.0248. The molecule has 9 heteroatoms. The van der Waals surface area contributed by atoms with Crippen molar-refractivity contribution >= 4 is 38.6 Å². The highest BCUT2D eigenvalue weighted by Crippen LogP contribution is 2.28. The van der Waals surface area contributed by atoms with E-state index in [0.717, 1.165) is 23.6 Å². The lowest BCUT2D eigenvalue weighted by atomic mass is 10.4. The predicted molar refractivity (Wildman–Crippen MR) is 66.9 cm³/mol. The zero-order chi connectivity index (χ0) is 13.3. The first kappa shape index (κ1) is 13.2. The first-order chi connectivity index (χ1) is 8.38. The molecule has 18 heavy (non-hydrogen) atoms. The van der Waals surface area contributed by atoms with Crippen LogP contribution in [-0.4, -0.2) is 18.4 Å². The quantitative estimate of drug-likeness (QED) is 0.884. The lowest BCUT2D eigenvalue weighted by Gasteiger charge is -2.05. The number of hydrogen-bond acceptors (Lipinski definition) is 5. The maximum Gasteiger partial charge on any atom is 0.273 e. The number of aryl methyl sites for hydroxylation is 1. The Morgan fingerprint density at radius 3 is 2.67 bits per heavy atom. The highest BCUT2D eigenvalue weighted by atomic mass is 35.5. The van der Waals surface area contributed by atoms with E-state index < -0.39 is 16.0 Å². The molecule has 0 unspecified atom stereocenters. The van der Waals surface area contributed by atoms with Crippen molar-refractivity contribution in [2.45, 2.75) is 11.1 Å². The maximum absolute atomic E-state index is 12.6. The van der Waals surface area contributed by atoms with E-state index in [1.165, 1.54) is 6.07 Å². The number of aromatic nitrogens is 2. The van der Waals surface area contributed by atoms with E-state index in [2.05, 4.69) is 14.7 Å². The molecule has 2 heterocycles. The average molecular weight is 308 g/mol. The second-order valence-corrected chi connectivity index (χ2v) is 6.77. The average Bonchev–Trinajstić information content (AvgIpc) is 2.62. The number of nitrogens with one attached hydrogen (secondary N) is 1. The standard InChI is InChI=1S/C9H7ClFN3O2S2/c1-5-8(17-9(10)13-5)18(15,16)14-6-2-3-7(11)12-4-6/h2-4,14H,1H3. The van der Waals surface area contributed by atoms with Gasteiger partial charge in [-0.3, -0.25) is 4.72 Å². The fourth-order valence-corrected chi connectivity index (χ4v) is 4.02. The molecule has 0 saturated carbocycles. The van der Waals surface area contributed by atoms with E-state index in [1.54, 1.807) is 6.92 Å². The van der Waals surface area contributed by atoms with Crippen molar-refractivity contribution in [3.8, 4) is 0 Å². The molecule has 0 saturated heterocycles. The third-order valence-electron chi connectivity index (χ3n) is 1.95. The van der Waals surface area contributed by atoms with Gasteiger partial charge in [0.25, 0.3) is 10.0 Å². The summed E-state index contributed by atoms with van der Waals surface area (Å²) in [6.07, 6.45) is 1.09. The van der Waals surface area contributed by atoms with Crippen molar-refractivity contribution in [2.75, 3.05) is 4.72 Å². The summed E-state index contributed by atoms with van der Waals surface area (Å²) in [7, 11) is -3.78. The van der Waals surface area contributed by atoms with Crippen molar-refractivity contribution in [3.63, 3.8) is 0 Å². The van der Waals surface area contributed by atoms with Crippen molar-refractivity contribution in [1.82, 2.24) is 9.97 Å². The first-order valence-corrected chi connectivity index (χ1v) is 7.33. The van der Waals surface area contributed by atoms with Gasteiger partial charge in [0, 0.05) is 0 Å². The van der Waals surface area contributed by atoms with Gasteiger partial charge in [-0.1, -0.05) is 22.9 Å². The molecule has 0 aliphatic heterocycles. The van der Waals surface area contributed by atoms with Crippen LogP contribution in [0.1, 0.15) is 5.69 Å². The van der Waals surface area contributed by atoms with Gasteiger partial charge in [0.1, 0.15) is 0 Å². The van der Waals surface area contributed by atoms with Crippen molar-refractivity contribution < 1.29 is 12.8 Å². The van der Waals surface area contributed by atoms with Crippen molar-refractivity contribution in [1.29, 1.82) is 0 Å². The van der Waals surface area contributed by atoms with E-state index in [9.17, 15) is 12.8 Å². The van der Waals surface area contributed by atoms with Crippen LogP contribution in [-0.2, 0) is 10.0 Å². The highest BCUT2D eigenvalue weighted by molar-refractivity contribution is 7.94. The summed E-state index contributed by atoms with van der Waals surface area (Å²) < 4.78 is 39.0. The number of hydrogen-bond donors (Lipinski definition) is 1. The van der Waals surface area contributed by atoms with Crippen LogP contribution in [0.2, 0.25) is 4.47 Å². The Morgan fingerprint density at radius 2 is 2.17 bits per heavy atom. The second-order valence-electron chi connectivity index (χ2n) is 3.31. The summed E-state index contributed by atoms with van der Waals surface area (Å²) in [5, 5.41) is 0. The molecule has 2 aromatic heterocycles. The molecule has 0 fully saturated rings. The summed E-state index contributed by atoms with van der Waals surface area (Å²) in [4.78, 5) is 7.17. The Hall–Kier alpha value is -1.25. The van der Waals surface area contributed by atoms with Gasteiger partial charge in [-0.05, 0) is 19.1 Å². The molecule has 0 bridgehead atoms. The van der Waals surface area contributed by atoms with Crippen LogP contribution in [0.25, 0.3) is 0 Å². The molecular weight excluding hydrogens is 301 g/mol. The van der Waals surface area contributed by atoms with Crippen LogP contribution >= 0.6 is 22.9 Å². The number of sulfonamides is 1. The van der Waals surface area contributed by atoms with Crippen LogP contribution in [0, 0.1) is 12.9 Å². The molecule has 0 aliphatic carbocycles. The number of nitrogens with zero attached hydrogens (tertiary/aromatic N) is 2. The molecule has 2 rings (SSSR count). The van der Waals surface area contributed by atoms with E-state index in [-0.39, 0.29) is 14.4 Å². The van der Waals surface area contributed by atoms with E-state index >= 15 is 0 Å². The van der Waals surface area contributed by atoms with Gasteiger partial charge >= 0.3 is 0 Å². The van der Waals surface area contributed by atoms with E-state index in [0.29, 0.717) is 5.69 Å². The number of rotatable bonds is 3. The zero-order valence-electron chi connectivity index (χ0n) is 9.02. The minimum atomic E-state index is -3.78. The Balaban J connectivity index is 2.33. The molecular formula is C9H7ClFN3O2S2. The van der Waals surface area contributed by atoms with Crippen molar-refractivity contribution in [2.24, 2.45) is 0 Å². The summed E-state index contributed by atoms with van der Waals surface area (Å²) in [6.45, 7) is 1.54. The van der Waals surface area contributed by atoms with Gasteiger partial charge in [-0.25, -0.2) is 18.4 Å². The number of anilines is 1. The van der Waals surface area contributed by atoms with Crippen LogP contribution in [0.5, 0.6) is 0 Å². The normalized spacial score (nSPS) is 11.5. The summed E-state index contributed by atoms with van der Waals surface area (Å²) in [5.74, 6) is -0.685. The lowest BCUT2D eigenvalue weighted by molar-refractivity contribution is 0.583. The number of halogens is 2. The van der Waals surface area contributed by atoms with Gasteiger partial charge in [-0.2, -0.15) is 4.39 Å². The van der Waals surface area contributed by atoms with Gasteiger partial charge in [0.2, 0.25) is 5.95 Å². The molecule has 0 aliphatic rings. The predicted octanol–water partition coefficient (Wildman–Crippen LogP) is 2.44. The summed E-state index contributed by atoms with van der Waals surface area (Å²) in [5.41, 5.74) is 0.480. The fraction of sp³-hybridized carbons (Fsp3) is 0.111. The largest absolute Gasteiger partial charge is 0.277 e. The smallest absolute Gasteiger partial charge is 0.273 e. The third kappa shape index (κ3) is 2.77. The first-order valence-electron chi connectivity index (χ1n) is 4.66. The van der Waals surface area contributed by atoms with Gasteiger partial charge in [-0.15, -0.1) is 0 Å². The molecule has 0 amide bonds. The second kappa shape index (κ2) is 4.79. The summed E-state index contributed by atoms with van der Waals surface area (Å²) >= 11 is 6.50. The molecule has 2 aromatic rings. The third-order valence-corrected chi connectivity index (χ3v) is 5.20. The lowest BCUT2D eigenvalue weighted by Crippen LogP contribution is -2.12. The minimum Gasteiger partial charge on any atom is -0.277 e. The van der Waals surface area contributed by atoms with E-state index in [1.807, 2.05) is 0 Å². The molecule has 0 spiro atoms. The fourth-order valence-electron chi connectivity index (χ4n) is 1.24. The molecule has 5 nitrogen and oxygen atoms in total. The van der Waals surface area contributed by atoms with Crippen LogP contribution < -0.4 is 4.72 Å². The van der Waals surface area contributed by atoms with Gasteiger partial charge < -0.3 is 0 Å². The number of pyridine rings is 1. The maximum atomic E-state index is 12.6. The molecule has 0 aromatic carbocycles. The van der Waals surface area contributed by atoms with Gasteiger partial charge in [0.15, 0.2) is 8.68 Å². The zero-order valence-corrected chi connectivity index (χ0v) is 11.4. The van der Waals surface area contributed by atoms with Gasteiger partial charge in [0.05, 0.1) is 17.6 Å². The molecule has 1 N–H and O–H groups in total. The Morgan fingerprint density at radius 1 is 1.44 bits per heavy atom. The Bertz CT molecular complexity index is 670. The van der Waals surface area contributed by atoms with Crippen LogP contribution in [0.15, 0.2) is 22.5 Å².